The van der Waals surface area contributed by atoms with Crippen LogP contribution in [0.15, 0.2) is 40.9 Å². The largest absolute Gasteiger partial charge is 0.494 e. The Balaban J connectivity index is 1.91. The molecule has 1 aliphatic heterocycles. The number of carbonyl (C=O) groups is 1. The van der Waals surface area contributed by atoms with E-state index in [0.717, 1.165) is 28.0 Å². The predicted octanol–water partition coefficient (Wildman–Crippen LogP) is 4.01. The first-order valence-electron chi connectivity index (χ1n) is 6.92. The summed E-state index contributed by atoms with van der Waals surface area (Å²) in [5.74, 6) is 1.64. The molecule has 108 valence electrons. The Hall–Kier alpha value is -1.81. The van der Waals surface area contributed by atoms with E-state index in [1.165, 1.54) is 0 Å². The Labute approximate surface area is 132 Å². The van der Waals surface area contributed by atoms with Crippen LogP contribution in [0.2, 0.25) is 0 Å². The average molecular weight is 347 g/mol. The molecule has 0 spiro atoms. The molecule has 0 saturated heterocycles. The molecule has 3 rings (SSSR count). The topological polar surface area (TPSA) is 35.5 Å². The number of rotatable bonds is 4. The van der Waals surface area contributed by atoms with Crippen molar-refractivity contribution in [1.82, 2.24) is 0 Å². The molecule has 0 bridgehead atoms. The molecule has 4 heteroatoms. The van der Waals surface area contributed by atoms with Crippen molar-refractivity contribution in [2.24, 2.45) is 0 Å². The fourth-order valence-electron chi connectivity index (χ4n) is 2.42. The molecule has 1 aliphatic rings. The summed E-state index contributed by atoms with van der Waals surface area (Å²) in [4.78, 5) is 12.6. The SMILES string of the molecule is CCOc1ccc(C(=O)c2ccc3c(c2)CCO3)c(Br)c1. The number of hydrogen-bond acceptors (Lipinski definition) is 3. The van der Waals surface area contributed by atoms with E-state index >= 15 is 0 Å². The maximum atomic E-state index is 12.6. The quantitative estimate of drug-likeness (QED) is 0.784. The minimum Gasteiger partial charge on any atom is -0.494 e. The van der Waals surface area contributed by atoms with Crippen LogP contribution in [-0.2, 0) is 6.42 Å². The third kappa shape index (κ3) is 2.81. The van der Waals surface area contributed by atoms with E-state index in [1.54, 1.807) is 6.07 Å². The van der Waals surface area contributed by atoms with E-state index in [2.05, 4.69) is 15.9 Å². The monoisotopic (exact) mass is 346 g/mol. The maximum absolute atomic E-state index is 12.6. The van der Waals surface area contributed by atoms with Crippen molar-refractivity contribution in [3.05, 3.63) is 57.6 Å². The van der Waals surface area contributed by atoms with Gasteiger partial charge in [0.05, 0.1) is 13.2 Å². The molecule has 2 aromatic rings. The summed E-state index contributed by atoms with van der Waals surface area (Å²) < 4.78 is 11.6. The lowest BCUT2D eigenvalue weighted by Gasteiger charge is -2.08. The Morgan fingerprint density at radius 3 is 2.90 bits per heavy atom. The van der Waals surface area contributed by atoms with Gasteiger partial charge in [0.25, 0.3) is 0 Å². The number of halogens is 1. The van der Waals surface area contributed by atoms with Crippen LogP contribution in [0.4, 0.5) is 0 Å². The van der Waals surface area contributed by atoms with Crippen molar-refractivity contribution in [2.45, 2.75) is 13.3 Å². The highest BCUT2D eigenvalue weighted by atomic mass is 79.9. The van der Waals surface area contributed by atoms with E-state index in [9.17, 15) is 4.79 Å². The van der Waals surface area contributed by atoms with Gasteiger partial charge in [0.1, 0.15) is 11.5 Å². The predicted molar refractivity (Wildman–Crippen MR) is 84.4 cm³/mol. The third-order valence-electron chi connectivity index (χ3n) is 3.45. The van der Waals surface area contributed by atoms with Gasteiger partial charge in [-0.1, -0.05) is 0 Å². The van der Waals surface area contributed by atoms with Crippen molar-refractivity contribution < 1.29 is 14.3 Å². The van der Waals surface area contributed by atoms with E-state index in [0.29, 0.717) is 24.3 Å². The molecule has 0 atom stereocenters. The molecule has 0 N–H and O–H groups in total. The van der Waals surface area contributed by atoms with Gasteiger partial charge in [-0.3, -0.25) is 4.79 Å². The molecule has 3 nitrogen and oxygen atoms in total. The highest BCUT2D eigenvalue weighted by Crippen LogP contribution is 2.29. The second kappa shape index (κ2) is 5.90. The van der Waals surface area contributed by atoms with Crippen LogP contribution in [-0.4, -0.2) is 19.0 Å². The zero-order valence-electron chi connectivity index (χ0n) is 11.7. The van der Waals surface area contributed by atoms with Crippen LogP contribution in [0.5, 0.6) is 11.5 Å². The fourth-order valence-corrected chi connectivity index (χ4v) is 2.96. The zero-order chi connectivity index (χ0) is 14.8. The fraction of sp³-hybridized carbons (Fsp3) is 0.235. The lowest BCUT2D eigenvalue weighted by atomic mass is 10.0. The van der Waals surface area contributed by atoms with E-state index in [1.807, 2.05) is 37.3 Å². The lowest BCUT2D eigenvalue weighted by Crippen LogP contribution is -2.03. The minimum atomic E-state index is -0.000349. The van der Waals surface area contributed by atoms with Crippen LogP contribution < -0.4 is 9.47 Å². The summed E-state index contributed by atoms with van der Waals surface area (Å²) in [7, 11) is 0. The number of benzene rings is 2. The van der Waals surface area contributed by atoms with Crippen molar-refractivity contribution in [3.8, 4) is 11.5 Å². The molecule has 0 aromatic heterocycles. The molecular weight excluding hydrogens is 332 g/mol. The summed E-state index contributed by atoms with van der Waals surface area (Å²) in [5.41, 5.74) is 2.42. The van der Waals surface area contributed by atoms with E-state index in [-0.39, 0.29) is 5.78 Å². The average Bonchev–Trinajstić information content (AvgIpc) is 2.94. The van der Waals surface area contributed by atoms with E-state index < -0.39 is 0 Å². The standard InChI is InChI=1S/C17H15BrO3/c1-2-20-13-4-5-14(15(18)10-13)17(19)12-3-6-16-11(9-12)7-8-21-16/h3-6,9-10H,2,7-8H2,1H3. The van der Waals surface area contributed by atoms with Crippen molar-refractivity contribution in [3.63, 3.8) is 0 Å². The molecular formula is C17H15BrO3. The van der Waals surface area contributed by atoms with Crippen LogP contribution in [0, 0.1) is 0 Å². The summed E-state index contributed by atoms with van der Waals surface area (Å²) in [6.45, 7) is 3.23. The molecule has 0 saturated carbocycles. The maximum Gasteiger partial charge on any atom is 0.194 e. The second-order valence-electron chi connectivity index (χ2n) is 4.82. The van der Waals surface area contributed by atoms with Crippen LogP contribution in [0.1, 0.15) is 28.4 Å². The molecule has 0 fully saturated rings. The normalized spacial score (nSPS) is 12.7. The van der Waals surface area contributed by atoms with Gasteiger partial charge < -0.3 is 9.47 Å². The lowest BCUT2D eigenvalue weighted by molar-refractivity contribution is 0.103. The van der Waals surface area contributed by atoms with Crippen LogP contribution >= 0.6 is 15.9 Å². The van der Waals surface area contributed by atoms with Gasteiger partial charge in [-0.15, -0.1) is 0 Å². The first-order chi connectivity index (χ1) is 10.2. The highest BCUT2D eigenvalue weighted by molar-refractivity contribution is 9.10. The highest BCUT2D eigenvalue weighted by Gasteiger charge is 2.18. The van der Waals surface area contributed by atoms with Gasteiger partial charge in [0.15, 0.2) is 5.78 Å². The number of carbonyl (C=O) groups excluding carboxylic acids is 1. The van der Waals surface area contributed by atoms with Gasteiger partial charge in [-0.25, -0.2) is 0 Å². The Kier molecular flexibility index (Phi) is 3.97. The first-order valence-corrected chi connectivity index (χ1v) is 7.71. The Morgan fingerprint density at radius 1 is 1.29 bits per heavy atom. The second-order valence-corrected chi connectivity index (χ2v) is 5.68. The molecule has 0 unspecified atom stereocenters. The molecule has 1 heterocycles. The number of hydrogen-bond donors (Lipinski definition) is 0. The first kappa shape index (κ1) is 14.1. The van der Waals surface area contributed by atoms with Gasteiger partial charge >= 0.3 is 0 Å². The summed E-state index contributed by atoms with van der Waals surface area (Å²) in [6, 6.07) is 11.0. The smallest absolute Gasteiger partial charge is 0.194 e. The van der Waals surface area contributed by atoms with Crippen LogP contribution in [0.3, 0.4) is 0 Å². The summed E-state index contributed by atoms with van der Waals surface area (Å²) >= 11 is 3.45. The van der Waals surface area contributed by atoms with Gasteiger partial charge in [-0.2, -0.15) is 0 Å². The molecule has 21 heavy (non-hydrogen) atoms. The van der Waals surface area contributed by atoms with Gasteiger partial charge in [0, 0.05) is 22.0 Å². The molecule has 0 radical (unpaired) electrons. The van der Waals surface area contributed by atoms with Crippen LogP contribution in [0.25, 0.3) is 0 Å². The van der Waals surface area contributed by atoms with E-state index in [4.69, 9.17) is 9.47 Å². The Morgan fingerprint density at radius 2 is 2.14 bits per heavy atom. The zero-order valence-corrected chi connectivity index (χ0v) is 13.3. The molecule has 0 amide bonds. The number of ether oxygens (including phenoxy) is 2. The minimum absolute atomic E-state index is 0.000349. The molecule has 2 aromatic carbocycles. The van der Waals surface area contributed by atoms with Crippen molar-refractivity contribution in [2.75, 3.05) is 13.2 Å². The van der Waals surface area contributed by atoms with Crippen molar-refractivity contribution >= 4 is 21.7 Å². The Bertz CT molecular complexity index is 694. The third-order valence-corrected chi connectivity index (χ3v) is 4.10. The molecule has 0 aliphatic carbocycles. The summed E-state index contributed by atoms with van der Waals surface area (Å²) in [6.07, 6.45) is 0.862. The van der Waals surface area contributed by atoms with Crippen molar-refractivity contribution in [1.29, 1.82) is 0 Å². The number of fused-ring (bicyclic) bond motifs is 1. The van der Waals surface area contributed by atoms with Gasteiger partial charge in [-0.05, 0) is 64.8 Å². The van der Waals surface area contributed by atoms with Gasteiger partial charge in [0.2, 0.25) is 0 Å². The number of ketones is 1. The summed E-state index contributed by atoms with van der Waals surface area (Å²) in [5, 5.41) is 0.